The zero-order valence-corrected chi connectivity index (χ0v) is 11.8. The fourth-order valence-corrected chi connectivity index (χ4v) is 2.72. The molecule has 0 radical (unpaired) electrons. The molecule has 3 rings (SSSR count). The molecule has 118 valence electrons. The van der Waals surface area contributed by atoms with Gasteiger partial charge in [0.1, 0.15) is 35.7 Å². The fraction of sp³-hybridized carbons (Fsp3) is 0.615. The number of aromatic nitrogens is 2. The van der Waals surface area contributed by atoms with Crippen molar-refractivity contribution in [2.75, 3.05) is 18.5 Å². The van der Waals surface area contributed by atoms with Crippen LogP contribution in [0.5, 0.6) is 0 Å². The van der Waals surface area contributed by atoms with E-state index in [9.17, 15) is 15.3 Å². The van der Waals surface area contributed by atoms with Crippen LogP contribution in [0.3, 0.4) is 0 Å². The minimum absolute atomic E-state index is 0.00805. The largest absolute Gasteiger partial charge is 0.393 e. The molecule has 9 heteroatoms. The highest BCUT2D eigenvalue weighted by atomic mass is 16.7. The van der Waals surface area contributed by atoms with Crippen molar-refractivity contribution in [3.8, 4) is 6.07 Å². The van der Waals surface area contributed by atoms with Gasteiger partial charge in [-0.3, -0.25) is 0 Å². The van der Waals surface area contributed by atoms with Gasteiger partial charge in [-0.15, -0.1) is 0 Å². The van der Waals surface area contributed by atoms with E-state index in [1.54, 1.807) is 13.0 Å². The third-order valence-electron chi connectivity index (χ3n) is 3.90. The third-order valence-corrected chi connectivity index (χ3v) is 3.90. The molecule has 0 saturated carbocycles. The zero-order valence-electron chi connectivity index (χ0n) is 11.8. The van der Waals surface area contributed by atoms with Crippen LogP contribution < -0.4 is 5.32 Å². The average molecular weight is 308 g/mol. The maximum absolute atomic E-state index is 10.3. The number of ether oxygens (including phenoxy) is 2. The quantitative estimate of drug-likeness (QED) is 0.513. The number of aliphatic hydroxyl groups is 3. The van der Waals surface area contributed by atoms with E-state index in [1.807, 2.05) is 6.07 Å². The molecule has 1 aromatic heterocycles. The summed E-state index contributed by atoms with van der Waals surface area (Å²) in [6.45, 7) is 1.23. The Balaban J connectivity index is 1.84. The van der Waals surface area contributed by atoms with Gasteiger partial charge < -0.3 is 30.1 Å². The molecule has 0 aliphatic carbocycles. The first-order valence-corrected chi connectivity index (χ1v) is 6.78. The number of hydrogen-bond donors (Lipinski definition) is 4. The summed E-state index contributed by atoms with van der Waals surface area (Å²) in [5.74, 6) is 0.308. The molecule has 0 aromatic carbocycles. The van der Waals surface area contributed by atoms with Crippen LogP contribution in [-0.2, 0) is 9.47 Å². The Morgan fingerprint density at radius 3 is 2.95 bits per heavy atom. The second kappa shape index (κ2) is 5.42. The van der Waals surface area contributed by atoms with Gasteiger partial charge in [0.25, 0.3) is 0 Å². The number of nitrogens with zero attached hydrogens (tertiary/aromatic N) is 3. The molecule has 0 spiro atoms. The minimum atomic E-state index is -1.31. The lowest BCUT2D eigenvalue weighted by Gasteiger charge is -2.42. The monoisotopic (exact) mass is 308 g/mol. The molecule has 4 N–H and O–H groups in total. The average Bonchev–Trinajstić information content (AvgIpc) is 2.92. The van der Waals surface area contributed by atoms with Crippen molar-refractivity contribution in [3.63, 3.8) is 0 Å². The zero-order chi connectivity index (χ0) is 15.9. The van der Waals surface area contributed by atoms with E-state index >= 15 is 0 Å². The van der Waals surface area contributed by atoms with Gasteiger partial charge in [-0.25, -0.2) is 9.97 Å². The van der Waals surface area contributed by atoms with Crippen LogP contribution in [0.15, 0.2) is 6.07 Å². The summed E-state index contributed by atoms with van der Waals surface area (Å²) in [6, 6.07) is 2.65. The smallest absolute Gasteiger partial charge is 0.234 e. The van der Waals surface area contributed by atoms with Gasteiger partial charge in [0.2, 0.25) is 5.82 Å². The number of rotatable bonds is 3. The van der Waals surface area contributed by atoms with Crippen LogP contribution in [0.4, 0.5) is 5.82 Å². The van der Waals surface area contributed by atoms with Crippen LogP contribution >= 0.6 is 0 Å². The highest BCUT2D eigenvalue weighted by molar-refractivity contribution is 5.40. The van der Waals surface area contributed by atoms with Crippen molar-refractivity contribution < 1.29 is 24.8 Å². The lowest BCUT2D eigenvalue weighted by atomic mass is 9.88. The van der Waals surface area contributed by atoms with Gasteiger partial charge >= 0.3 is 0 Å². The molecule has 0 unspecified atom stereocenters. The lowest BCUT2D eigenvalue weighted by molar-refractivity contribution is -0.224. The van der Waals surface area contributed by atoms with Gasteiger partial charge in [-0.1, -0.05) is 0 Å². The van der Waals surface area contributed by atoms with Crippen molar-refractivity contribution in [2.24, 2.45) is 0 Å². The molecule has 0 amide bonds. The molecule has 2 fully saturated rings. The van der Waals surface area contributed by atoms with Crippen molar-refractivity contribution in [1.82, 2.24) is 9.97 Å². The molecule has 9 nitrogen and oxygen atoms in total. The summed E-state index contributed by atoms with van der Waals surface area (Å²) in [4.78, 5) is 7.92. The third kappa shape index (κ3) is 2.31. The lowest BCUT2D eigenvalue weighted by Crippen LogP contribution is -2.64. The number of aryl methyl sites for hydroxylation is 1. The Morgan fingerprint density at radius 2 is 2.27 bits per heavy atom. The van der Waals surface area contributed by atoms with Crippen molar-refractivity contribution in [1.29, 1.82) is 5.26 Å². The van der Waals surface area contributed by atoms with Gasteiger partial charge in [-0.2, -0.15) is 5.26 Å². The van der Waals surface area contributed by atoms with E-state index in [0.29, 0.717) is 11.5 Å². The number of fused-ring (bicyclic) bond motifs is 2. The highest BCUT2D eigenvalue weighted by Crippen LogP contribution is 2.37. The Hall–Kier alpha value is -1.83. The summed E-state index contributed by atoms with van der Waals surface area (Å²) in [5, 5.41) is 41.6. The van der Waals surface area contributed by atoms with E-state index < -0.39 is 36.7 Å². The van der Waals surface area contributed by atoms with E-state index in [1.165, 1.54) is 0 Å². The first-order chi connectivity index (χ1) is 10.5. The van der Waals surface area contributed by atoms with Gasteiger partial charge in [-0.05, 0) is 6.92 Å². The molecule has 1 aromatic rings. The van der Waals surface area contributed by atoms with Gasteiger partial charge in [0.05, 0.1) is 13.2 Å². The van der Waals surface area contributed by atoms with E-state index in [-0.39, 0.29) is 12.4 Å². The number of aliphatic hydroxyl groups excluding tert-OH is 3. The summed E-state index contributed by atoms with van der Waals surface area (Å²) in [6.07, 6.45) is -3.38. The maximum atomic E-state index is 10.3. The fourth-order valence-electron chi connectivity index (χ4n) is 2.72. The summed E-state index contributed by atoms with van der Waals surface area (Å²) < 4.78 is 10.9. The van der Waals surface area contributed by atoms with Crippen LogP contribution in [0.1, 0.15) is 11.5 Å². The molecule has 2 saturated heterocycles. The molecule has 22 heavy (non-hydrogen) atoms. The molecule has 3 heterocycles. The second-order valence-corrected chi connectivity index (χ2v) is 5.46. The first kappa shape index (κ1) is 15.1. The van der Waals surface area contributed by atoms with E-state index in [4.69, 9.17) is 14.7 Å². The first-order valence-electron chi connectivity index (χ1n) is 6.78. The topological polar surface area (TPSA) is 141 Å². The molecule has 2 bridgehead atoms. The normalized spacial score (nSPS) is 36.9. The van der Waals surface area contributed by atoms with Gasteiger partial charge in [0, 0.05) is 11.8 Å². The van der Waals surface area contributed by atoms with Crippen molar-refractivity contribution >= 4 is 5.82 Å². The Labute approximate surface area is 126 Å². The predicted molar refractivity (Wildman–Crippen MR) is 71.6 cm³/mol. The van der Waals surface area contributed by atoms with Crippen LogP contribution in [0.2, 0.25) is 0 Å². The summed E-state index contributed by atoms with van der Waals surface area (Å²) in [7, 11) is 0. The van der Waals surface area contributed by atoms with E-state index in [0.717, 1.165) is 0 Å². The Bertz CT molecular complexity index is 621. The Morgan fingerprint density at radius 1 is 1.50 bits per heavy atom. The predicted octanol–water partition coefficient (Wildman–Crippen LogP) is -1.72. The molecule has 2 aliphatic rings. The number of nitrogens with one attached hydrogen (secondary N) is 1. The maximum Gasteiger partial charge on any atom is 0.234 e. The van der Waals surface area contributed by atoms with Crippen molar-refractivity contribution in [2.45, 2.75) is 37.1 Å². The van der Waals surface area contributed by atoms with Gasteiger partial charge in [0.15, 0.2) is 6.29 Å². The molecule has 2 aliphatic heterocycles. The number of anilines is 1. The van der Waals surface area contributed by atoms with Crippen LogP contribution in [-0.4, -0.2) is 68.6 Å². The SMILES string of the molecule is Cc1cc(N[C@H]2[C@H]3OC[C@](CO)(O3)[C@H](O)[C@@H]2O)nc(C#N)n1. The highest BCUT2D eigenvalue weighted by Gasteiger charge is 2.59. The van der Waals surface area contributed by atoms with E-state index in [2.05, 4.69) is 15.3 Å². The van der Waals surface area contributed by atoms with Crippen LogP contribution in [0, 0.1) is 18.3 Å². The molecule has 5 atom stereocenters. The van der Waals surface area contributed by atoms with Crippen molar-refractivity contribution in [3.05, 3.63) is 17.6 Å². The molecular weight excluding hydrogens is 292 g/mol. The minimum Gasteiger partial charge on any atom is -0.393 e. The standard InChI is InChI=1S/C13H16N4O5/c1-6-2-7(16-8(3-14)15-6)17-9-10(19)11(20)13(4-18)5-21-12(9)22-13/h2,9-12,18-20H,4-5H2,1H3,(H,15,16,17)/t9-,10-,11-,12+,13+/m1/s1. The van der Waals surface area contributed by atoms with Crippen LogP contribution in [0.25, 0.3) is 0 Å². The summed E-state index contributed by atoms with van der Waals surface area (Å²) in [5.41, 5.74) is -0.723. The number of nitriles is 1. The Kier molecular flexibility index (Phi) is 3.72. The second-order valence-electron chi connectivity index (χ2n) is 5.46. The molecular formula is C13H16N4O5. The number of hydrogen-bond acceptors (Lipinski definition) is 9. The summed E-state index contributed by atoms with van der Waals surface area (Å²) >= 11 is 0.